The number of nitrogens with two attached hydrogens (primary N) is 1. The molecule has 0 aliphatic heterocycles. The SMILES string of the molecule is Cc1cncc(Nc2c(C(N)=O)cnc3c(C)cc(CS(=O)O)cc23)c1. The Balaban J connectivity index is 2.24. The minimum Gasteiger partial charge on any atom is -0.365 e. The number of carbonyl (C=O) groups excluding carboxylic acids is 1. The number of benzene rings is 1. The van der Waals surface area contributed by atoms with Gasteiger partial charge in [0.15, 0.2) is 11.1 Å². The van der Waals surface area contributed by atoms with Crippen molar-refractivity contribution in [1.82, 2.24) is 9.97 Å². The predicted molar refractivity (Wildman–Crippen MR) is 102 cm³/mol. The van der Waals surface area contributed by atoms with E-state index in [1.165, 1.54) is 6.20 Å². The van der Waals surface area contributed by atoms with E-state index in [1.54, 1.807) is 18.5 Å². The summed E-state index contributed by atoms with van der Waals surface area (Å²) in [6.07, 6.45) is 4.81. The van der Waals surface area contributed by atoms with Crippen LogP contribution in [0.15, 0.2) is 36.8 Å². The Morgan fingerprint density at radius 2 is 2.00 bits per heavy atom. The van der Waals surface area contributed by atoms with Crippen LogP contribution in [0.5, 0.6) is 0 Å². The molecule has 0 radical (unpaired) electrons. The third kappa shape index (κ3) is 3.71. The van der Waals surface area contributed by atoms with Gasteiger partial charge in [-0.3, -0.25) is 14.8 Å². The zero-order valence-corrected chi connectivity index (χ0v) is 15.1. The van der Waals surface area contributed by atoms with Crippen molar-refractivity contribution in [2.75, 3.05) is 5.32 Å². The average molecular weight is 370 g/mol. The van der Waals surface area contributed by atoms with E-state index in [9.17, 15) is 13.6 Å². The first kappa shape index (κ1) is 18.0. The molecule has 26 heavy (non-hydrogen) atoms. The van der Waals surface area contributed by atoms with Crippen molar-refractivity contribution in [2.24, 2.45) is 5.73 Å². The molecule has 8 heteroatoms. The maximum Gasteiger partial charge on any atom is 0.252 e. The van der Waals surface area contributed by atoms with E-state index in [0.717, 1.165) is 11.1 Å². The summed E-state index contributed by atoms with van der Waals surface area (Å²) in [6, 6.07) is 5.45. The van der Waals surface area contributed by atoms with E-state index in [4.69, 9.17) is 5.73 Å². The van der Waals surface area contributed by atoms with Gasteiger partial charge in [-0.2, -0.15) is 0 Å². The Kier molecular flexibility index (Phi) is 4.97. The molecule has 7 nitrogen and oxygen atoms in total. The second kappa shape index (κ2) is 7.19. The molecule has 2 aromatic heterocycles. The van der Waals surface area contributed by atoms with E-state index in [2.05, 4.69) is 15.3 Å². The lowest BCUT2D eigenvalue weighted by molar-refractivity contribution is 0.100. The van der Waals surface area contributed by atoms with Crippen LogP contribution in [0.1, 0.15) is 27.0 Å². The highest BCUT2D eigenvalue weighted by atomic mass is 32.2. The van der Waals surface area contributed by atoms with Crippen LogP contribution in [-0.4, -0.2) is 24.6 Å². The van der Waals surface area contributed by atoms with E-state index in [0.29, 0.717) is 27.8 Å². The van der Waals surface area contributed by atoms with E-state index in [1.807, 2.05) is 26.0 Å². The van der Waals surface area contributed by atoms with Crippen LogP contribution in [0.3, 0.4) is 0 Å². The van der Waals surface area contributed by atoms with Crippen LogP contribution in [0.4, 0.5) is 11.4 Å². The van der Waals surface area contributed by atoms with E-state index >= 15 is 0 Å². The fourth-order valence-corrected chi connectivity index (χ4v) is 3.32. The lowest BCUT2D eigenvalue weighted by Gasteiger charge is -2.15. The van der Waals surface area contributed by atoms with Gasteiger partial charge in [0, 0.05) is 17.8 Å². The van der Waals surface area contributed by atoms with Crippen molar-refractivity contribution in [3.8, 4) is 0 Å². The summed E-state index contributed by atoms with van der Waals surface area (Å²) in [5, 5.41) is 3.86. The molecule has 0 aliphatic carbocycles. The molecule has 0 saturated carbocycles. The first-order chi connectivity index (χ1) is 12.3. The molecule has 0 fully saturated rings. The van der Waals surface area contributed by atoms with Crippen molar-refractivity contribution in [3.05, 3.63) is 59.0 Å². The van der Waals surface area contributed by atoms with Gasteiger partial charge in [-0.15, -0.1) is 0 Å². The van der Waals surface area contributed by atoms with Gasteiger partial charge in [0.2, 0.25) is 0 Å². The molecular formula is C18H18N4O3S. The second-order valence-electron chi connectivity index (χ2n) is 6.06. The maximum absolute atomic E-state index is 11.9. The van der Waals surface area contributed by atoms with Gasteiger partial charge in [-0.05, 0) is 42.7 Å². The lowest BCUT2D eigenvalue weighted by Crippen LogP contribution is -2.14. The number of aromatic nitrogens is 2. The Labute approximate surface area is 152 Å². The van der Waals surface area contributed by atoms with Crippen molar-refractivity contribution >= 4 is 39.3 Å². The van der Waals surface area contributed by atoms with Gasteiger partial charge in [0.1, 0.15) is 0 Å². The molecule has 0 saturated heterocycles. The van der Waals surface area contributed by atoms with E-state index in [-0.39, 0.29) is 11.3 Å². The number of aryl methyl sites for hydroxylation is 2. The van der Waals surface area contributed by atoms with Crippen molar-refractivity contribution in [3.63, 3.8) is 0 Å². The van der Waals surface area contributed by atoms with Crippen molar-refractivity contribution < 1.29 is 13.6 Å². The Bertz CT molecular complexity index is 1040. The standard InChI is InChI=1S/C18H18N4O3S/c1-10-3-13(7-20-6-10)22-17-14-5-12(9-26(24)25)4-11(2)16(14)21-8-15(17)18(19)23/h3-8H,9H2,1-2H3,(H2,19,23)(H,21,22)(H,24,25). The Hall–Kier alpha value is -2.84. The number of carbonyl (C=O) groups is 1. The summed E-state index contributed by atoms with van der Waals surface area (Å²) < 4.78 is 20.4. The summed E-state index contributed by atoms with van der Waals surface area (Å²) in [4.78, 5) is 20.4. The number of rotatable bonds is 5. The summed E-state index contributed by atoms with van der Waals surface area (Å²) in [5.74, 6) is -0.625. The molecule has 4 N–H and O–H groups in total. The monoisotopic (exact) mass is 370 g/mol. The number of amides is 1. The predicted octanol–water partition coefficient (Wildman–Crippen LogP) is 2.81. The third-order valence-corrected chi connectivity index (χ3v) is 4.50. The number of nitrogens with one attached hydrogen (secondary N) is 1. The smallest absolute Gasteiger partial charge is 0.252 e. The minimum absolute atomic E-state index is 0.0109. The number of anilines is 2. The molecule has 3 rings (SSSR count). The highest BCUT2D eigenvalue weighted by Crippen LogP contribution is 2.31. The number of hydrogen-bond donors (Lipinski definition) is 3. The zero-order chi connectivity index (χ0) is 18.8. The van der Waals surface area contributed by atoms with Crippen molar-refractivity contribution in [2.45, 2.75) is 19.6 Å². The molecule has 0 spiro atoms. The van der Waals surface area contributed by atoms with Gasteiger partial charge >= 0.3 is 0 Å². The summed E-state index contributed by atoms with van der Waals surface area (Å²) >= 11 is -1.97. The lowest BCUT2D eigenvalue weighted by atomic mass is 10.0. The first-order valence-corrected chi connectivity index (χ1v) is 9.11. The van der Waals surface area contributed by atoms with Gasteiger partial charge in [-0.25, -0.2) is 4.21 Å². The minimum atomic E-state index is -1.97. The van der Waals surface area contributed by atoms with Crippen LogP contribution in [0.2, 0.25) is 0 Å². The molecule has 2 heterocycles. The molecule has 1 aromatic carbocycles. The molecule has 134 valence electrons. The first-order valence-electron chi connectivity index (χ1n) is 7.83. The summed E-state index contributed by atoms with van der Waals surface area (Å²) in [5.41, 5.74) is 10.1. The van der Waals surface area contributed by atoms with Gasteiger partial charge in [-0.1, -0.05) is 6.07 Å². The molecular weight excluding hydrogens is 352 g/mol. The zero-order valence-electron chi connectivity index (χ0n) is 14.3. The summed E-state index contributed by atoms with van der Waals surface area (Å²) in [7, 11) is 0. The molecule has 1 unspecified atom stereocenters. The topological polar surface area (TPSA) is 118 Å². The second-order valence-corrected chi connectivity index (χ2v) is 6.99. The van der Waals surface area contributed by atoms with Crippen LogP contribution in [0.25, 0.3) is 10.9 Å². The number of pyridine rings is 2. The molecule has 1 atom stereocenters. The fraction of sp³-hybridized carbons (Fsp3) is 0.167. The van der Waals surface area contributed by atoms with Gasteiger partial charge < -0.3 is 15.6 Å². The third-order valence-electron chi connectivity index (χ3n) is 3.92. The highest BCUT2D eigenvalue weighted by molar-refractivity contribution is 7.78. The van der Waals surface area contributed by atoms with Gasteiger partial charge in [0.05, 0.1) is 34.4 Å². The van der Waals surface area contributed by atoms with Crippen LogP contribution in [-0.2, 0) is 16.8 Å². The Morgan fingerprint density at radius 1 is 1.23 bits per heavy atom. The summed E-state index contributed by atoms with van der Waals surface area (Å²) in [6.45, 7) is 3.78. The number of hydrogen-bond acceptors (Lipinski definition) is 5. The number of primary amides is 1. The molecule has 3 aromatic rings. The molecule has 0 aliphatic rings. The normalized spacial score (nSPS) is 12.1. The van der Waals surface area contributed by atoms with Crippen LogP contribution in [0, 0.1) is 13.8 Å². The number of fused-ring (bicyclic) bond motifs is 1. The van der Waals surface area contributed by atoms with E-state index < -0.39 is 17.0 Å². The largest absolute Gasteiger partial charge is 0.365 e. The molecule has 0 bridgehead atoms. The van der Waals surface area contributed by atoms with Crippen LogP contribution < -0.4 is 11.1 Å². The fourth-order valence-electron chi connectivity index (χ4n) is 2.87. The quantitative estimate of drug-likeness (QED) is 0.594. The van der Waals surface area contributed by atoms with Gasteiger partial charge in [0.25, 0.3) is 5.91 Å². The van der Waals surface area contributed by atoms with Crippen LogP contribution >= 0.6 is 0 Å². The van der Waals surface area contributed by atoms with Crippen molar-refractivity contribution in [1.29, 1.82) is 0 Å². The molecule has 1 amide bonds. The highest BCUT2D eigenvalue weighted by Gasteiger charge is 2.16. The number of nitrogens with zero attached hydrogens (tertiary/aromatic N) is 2. The average Bonchev–Trinajstić information content (AvgIpc) is 2.54. The Morgan fingerprint density at radius 3 is 2.65 bits per heavy atom. The maximum atomic E-state index is 11.9.